The number of hydrogen-bond acceptors (Lipinski definition) is 3. The molecule has 0 aliphatic carbocycles. The Morgan fingerprint density at radius 3 is 3.31 bits per heavy atom. The molecule has 1 aliphatic heterocycles. The smallest absolute Gasteiger partial charge is 0.244 e. The molecule has 0 aromatic carbocycles. The second-order valence-corrected chi connectivity index (χ2v) is 3.89. The number of carbonyl (C=O) groups is 1. The van der Waals surface area contributed by atoms with E-state index in [1.54, 1.807) is 18.4 Å². The van der Waals surface area contributed by atoms with Gasteiger partial charge in [-0.3, -0.25) is 4.79 Å². The SMILES string of the molecule is O=C(C=Cc1ccco1)NCC1CCCN1. The van der Waals surface area contributed by atoms with Gasteiger partial charge >= 0.3 is 0 Å². The summed E-state index contributed by atoms with van der Waals surface area (Å²) in [7, 11) is 0. The predicted molar refractivity (Wildman–Crippen MR) is 61.8 cm³/mol. The monoisotopic (exact) mass is 220 g/mol. The summed E-state index contributed by atoms with van der Waals surface area (Å²) in [6.45, 7) is 1.75. The lowest BCUT2D eigenvalue weighted by Gasteiger charge is -2.09. The molecule has 4 nitrogen and oxygen atoms in total. The van der Waals surface area contributed by atoms with E-state index in [9.17, 15) is 4.79 Å². The highest BCUT2D eigenvalue weighted by atomic mass is 16.3. The fraction of sp³-hybridized carbons (Fsp3) is 0.417. The quantitative estimate of drug-likeness (QED) is 0.749. The van der Waals surface area contributed by atoms with Crippen LogP contribution in [0.2, 0.25) is 0 Å². The molecule has 0 bridgehead atoms. The normalized spacial score (nSPS) is 20.4. The Morgan fingerprint density at radius 1 is 1.69 bits per heavy atom. The summed E-state index contributed by atoms with van der Waals surface area (Å²) in [4.78, 5) is 11.4. The summed E-state index contributed by atoms with van der Waals surface area (Å²) in [5.74, 6) is 0.610. The van der Waals surface area contributed by atoms with Crippen molar-refractivity contribution in [1.82, 2.24) is 10.6 Å². The Morgan fingerprint density at radius 2 is 2.62 bits per heavy atom. The number of nitrogens with one attached hydrogen (secondary N) is 2. The number of carbonyl (C=O) groups excluding carboxylic acids is 1. The zero-order valence-corrected chi connectivity index (χ0v) is 9.11. The largest absolute Gasteiger partial charge is 0.465 e. The minimum atomic E-state index is -0.0786. The minimum Gasteiger partial charge on any atom is -0.465 e. The lowest BCUT2D eigenvalue weighted by atomic mass is 10.2. The zero-order chi connectivity index (χ0) is 11.2. The Labute approximate surface area is 94.7 Å². The maximum absolute atomic E-state index is 11.4. The summed E-state index contributed by atoms with van der Waals surface area (Å²) < 4.78 is 5.08. The van der Waals surface area contributed by atoms with E-state index >= 15 is 0 Å². The first-order valence-corrected chi connectivity index (χ1v) is 5.57. The molecular weight excluding hydrogens is 204 g/mol. The summed E-state index contributed by atoms with van der Waals surface area (Å²) in [6, 6.07) is 4.03. The molecule has 1 atom stereocenters. The lowest BCUT2D eigenvalue weighted by molar-refractivity contribution is -0.116. The molecule has 1 aromatic rings. The highest BCUT2D eigenvalue weighted by Gasteiger charge is 2.13. The van der Waals surface area contributed by atoms with Crippen LogP contribution in [0.25, 0.3) is 6.08 Å². The topological polar surface area (TPSA) is 54.3 Å². The van der Waals surface area contributed by atoms with Gasteiger partial charge in [-0.15, -0.1) is 0 Å². The van der Waals surface area contributed by atoms with Crippen molar-refractivity contribution in [2.45, 2.75) is 18.9 Å². The molecule has 1 saturated heterocycles. The minimum absolute atomic E-state index is 0.0786. The number of rotatable bonds is 4. The van der Waals surface area contributed by atoms with Gasteiger partial charge in [0.15, 0.2) is 0 Å². The van der Waals surface area contributed by atoms with E-state index in [2.05, 4.69) is 10.6 Å². The van der Waals surface area contributed by atoms with Crippen LogP contribution in [0.15, 0.2) is 28.9 Å². The molecule has 2 heterocycles. The van der Waals surface area contributed by atoms with E-state index in [1.165, 1.54) is 12.5 Å². The lowest BCUT2D eigenvalue weighted by Crippen LogP contribution is -2.36. The summed E-state index contributed by atoms with van der Waals surface area (Å²) in [5, 5.41) is 6.18. The van der Waals surface area contributed by atoms with Crippen molar-refractivity contribution in [3.63, 3.8) is 0 Å². The molecule has 1 aliphatic rings. The molecule has 4 heteroatoms. The van der Waals surface area contributed by atoms with Crippen LogP contribution in [-0.2, 0) is 4.79 Å². The van der Waals surface area contributed by atoms with Crippen LogP contribution < -0.4 is 10.6 Å². The van der Waals surface area contributed by atoms with Gasteiger partial charge in [0.05, 0.1) is 6.26 Å². The molecule has 1 unspecified atom stereocenters. The molecule has 0 saturated carbocycles. The van der Waals surface area contributed by atoms with Gasteiger partial charge in [-0.25, -0.2) is 0 Å². The van der Waals surface area contributed by atoms with Crippen LogP contribution in [0.5, 0.6) is 0 Å². The van der Waals surface area contributed by atoms with Crippen LogP contribution in [-0.4, -0.2) is 25.0 Å². The standard InChI is InChI=1S/C12H16N2O2/c15-12(6-5-11-4-2-8-16-11)14-9-10-3-1-7-13-10/h2,4-6,8,10,13H,1,3,7,9H2,(H,14,15). The second kappa shape index (κ2) is 5.51. The summed E-state index contributed by atoms with van der Waals surface area (Å²) in [6.07, 6.45) is 7.08. The van der Waals surface area contributed by atoms with Gasteiger partial charge in [-0.1, -0.05) is 0 Å². The predicted octanol–water partition coefficient (Wildman–Crippen LogP) is 1.16. The van der Waals surface area contributed by atoms with Crippen molar-refractivity contribution in [1.29, 1.82) is 0 Å². The molecule has 0 spiro atoms. The third-order valence-corrected chi connectivity index (χ3v) is 2.63. The van der Waals surface area contributed by atoms with Gasteiger partial charge in [0.1, 0.15) is 5.76 Å². The van der Waals surface area contributed by atoms with Gasteiger partial charge in [-0.2, -0.15) is 0 Å². The van der Waals surface area contributed by atoms with Crippen LogP contribution in [0.1, 0.15) is 18.6 Å². The van der Waals surface area contributed by atoms with Crippen molar-refractivity contribution in [3.05, 3.63) is 30.2 Å². The van der Waals surface area contributed by atoms with E-state index < -0.39 is 0 Å². The first-order chi connectivity index (χ1) is 7.84. The Hall–Kier alpha value is -1.55. The zero-order valence-electron chi connectivity index (χ0n) is 9.11. The van der Waals surface area contributed by atoms with E-state index in [0.29, 0.717) is 18.3 Å². The van der Waals surface area contributed by atoms with Crippen LogP contribution in [0.3, 0.4) is 0 Å². The number of furan rings is 1. The van der Waals surface area contributed by atoms with Crippen LogP contribution in [0.4, 0.5) is 0 Å². The molecular formula is C12H16N2O2. The van der Waals surface area contributed by atoms with E-state index in [0.717, 1.165) is 13.0 Å². The highest BCUT2D eigenvalue weighted by molar-refractivity contribution is 5.91. The molecule has 0 radical (unpaired) electrons. The van der Waals surface area contributed by atoms with Crippen LogP contribution >= 0.6 is 0 Å². The first-order valence-electron chi connectivity index (χ1n) is 5.57. The maximum atomic E-state index is 11.4. The molecule has 1 fully saturated rings. The Kier molecular flexibility index (Phi) is 3.77. The van der Waals surface area contributed by atoms with Crippen molar-refractivity contribution in [3.8, 4) is 0 Å². The molecule has 1 amide bonds. The molecule has 2 rings (SSSR count). The van der Waals surface area contributed by atoms with Gasteiger partial charge in [0.25, 0.3) is 0 Å². The summed E-state index contributed by atoms with van der Waals surface area (Å²) >= 11 is 0. The first kappa shape index (κ1) is 11.0. The van der Waals surface area contributed by atoms with Gasteiger partial charge < -0.3 is 15.1 Å². The number of amides is 1. The van der Waals surface area contributed by atoms with Crippen LogP contribution in [0, 0.1) is 0 Å². The van der Waals surface area contributed by atoms with Crippen molar-refractivity contribution in [2.24, 2.45) is 0 Å². The molecule has 16 heavy (non-hydrogen) atoms. The van der Waals surface area contributed by atoms with E-state index in [1.807, 2.05) is 6.07 Å². The van der Waals surface area contributed by atoms with E-state index in [4.69, 9.17) is 4.42 Å². The Bertz CT molecular complexity index is 351. The van der Waals surface area contributed by atoms with E-state index in [-0.39, 0.29) is 5.91 Å². The average Bonchev–Trinajstić information content (AvgIpc) is 2.96. The van der Waals surface area contributed by atoms with Crippen molar-refractivity contribution < 1.29 is 9.21 Å². The molecule has 2 N–H and O–H groups in total. The maximum Gasteiger partial charge on any atom is 0.244 e. The highest BCUT2D eigenvalue weighted by Crippen LogP contribution is 2.04. The molecule has 1 aromatic heterocycles. The summed E-state index contributed by atoms with van der Waals surface area (Å²) in [5.41, 5.74) is 0. The molecule has 86 valence electrons. The fourth-order valence-electron chi connectivity index (χ4n) is 1.76. The van der Waals surface area contributed by atoms with Crippen molar-refractivity contribution in [2.75, 3.05) is 13.1 Å². The van der Waals surface area contributed by atoms with Gasteiger partial charge in [0, 0.05) is 18.7 Å². The van der Waals surface area contributed by atoms with Gasteiger partial charge in [-0.05, 0) is 37.6 Å². The third-order valence-electron chi connectivity index (χ3n) is 2.63. The third kappa shape index (κ3) is 3.24. The Balaban J connectivity index is 1.71. The average molecular weight is 220 g/mol. The second-order valence-electron chi connectivity index (χ2n) is 3.89. The number of hydrogen-bond donors (Lipinski definition) is 2. The van der Waals surface area contributed by atoms with Crippen molar-refractivity contribution >= 4 is 12.0 Å². The fourth-order valence-corrected chi connectivity index (χ4v) is 1.76. The van der Waals surface area contributed by atoms with Gasteiger partial charge in [0.2, 0.25) is 5.91 Å².